The Labute approximate surface area is 207 Å². The number of thioether (sulfide) groups is 1. The molecule has 0 spiro atoms. The van der Waals surface area contributed by atoms with Crippen LogP contribution in [0.4, 0.5) is 4.39 Å². The first-order valence-electron chi connectivity index (χ1n) is 10.2. The molecule has 0 aliphatic carbocycles. The molecule has 2 amide bonds. The second kappa shape index (κ2) is 12.7. The zero-order chi connectivity index (χ0) is 23.8. The molecule has 2 rings (SSSR count). The molecule has 174 valence electrons. The van der Waals surface area contributed by atoms with E-state index in [1.807, 2.05) is 13.8 Å². The molecule has 0 unspecified atom stereocenters. The number of nitrogens with zero attached hydrogens (tertiary/aromatic N) is 1. The normalized spacial score (nSPS) is 12.8. The van der Waals surface area contributed by atoms with E-state index >= 15 is 0 Å². The maximum atomic E-state index is 14.0. The number of hydrogen-bond acceptors (Lipinski definition) is 3. The van der Waals surface area contributed by atoms with E-state index in [1.165, 1.54) is 28.8 Å². The van der Waals surface area contributed by atoms with Crippen LogP contribution >= 0.6 is 46.6 Å². The fraction of sp³-hybridized carbons (Fsp3) is 0.391. The Balaban J connectivity index is 2.16. The van der Waals surface area contributed by atoms with E-state index in [0.29, 0.717) is 26.2 Å². The third-order valence-corrected chi connectivity index (χ3v) is 6.94. The van der Waals surface area contributed by atoms with Gasteiger partial charge in [0, 0.05) is 39.0 Å². The highest BCUT2D eigenvalue weighted by molar-refractivity contribution is 7.99. The lowest BCUT2D eigenvalue weighted by molar-refractivity contribution is -0.138. The summed E-state index contributed by atoms with van der Waals surface area (Å²) in [6.07, 6.45) is 0.772. The lowest BCUT2D eigenvalue weighted by Gasteiger charge is -2.30. The van der Waals surface area contributed by atoms with Gasteiger partial charge in [0.15, 0.2) is 0 Å². The Morgan fingerprint density at radius 3 is 2.47 bits per heavy atom. The summed E-state index contributed by atoms with van der Waals surface area (Å²) in [6, 6.07) is 8.75. The first-order valence-corrected chi connectivity index (χ1v) is 12.5. The number of benzene rings is 2. The Morgan fingerprint density at radius 2 is 1.84 bits per heavy atom. The summed E-state index contributed by atoms with van der Waals surface area (Å²) in [7, 11) is 0. The molecule has 0 aromatic heterocycles. The standard InChI is InChI=1S/C23H26Cl3FN2O2S/c1-4-14(2)28-23(31)15(3)29(11-16-8-9-17(24)10-20(16)26)22(30)13-32-12-18-19(25)6-5-7-21(18)27/h5-10,14-15H,4,11-13H2,1-3H3,(H,28,31)/t14-,15-/m1/s1. The van der Waals surface area contributed by atoms with Crippen LogP contribution in [0.3, 0.4) is 0 Å². The van der Waals surface area contributed by atoms with Gasteiger partial charge in [-0.2, -0.15) is 0 Å². The fourth-order valence-corrected chi connectivity index (χ4v) is 4.59. The number of nitrogens with one attached hydrogen (secondary N) is 1. The van der Waals surface area contributed by atoms with Crippen LogP contribution in [0, 0.1) is 5.82 Å². The van der Waals surface area contributed by atoms with Crippen LogP contribution in [0.5, 0.6) is 0 Å². The molecule has 0 aliphatic rings. The molecule has 0 aliphatic heterocycles. The first kappa shape index (κ1) is 26.8. The molecule has 0 heterocycles. The number of carbonyl (C=O) groups excluding carboxylic acids is 2. The summed E-state index contributed by atoms with van der Waals surface area (Å²) < 4.78 is 14.0. The minimum absolute atomic E-state index is 0.0152. The van der Waals surface area contributed by atoms with Crippen molar-refractivity contribution in [1.29, 1.82) is 0 Å². The van der Waals surface area contributed by atoms with Crippen molar-refractivity contribution in [3.05, 3.63) is 68.4 Å². The number of carbonyl (C=O) groups is 2. The van der Waals surface area contributed by atoms with E-state index in [1.54, 1.807) is 31.2 Å². The van der Waals surface area contributed by atoms with E-state index in [-0.39, 0.29) is 35.9 Å². The molecular weight excluding hydrogens is 494 g/mol. The second-order valence-electron chi connectivity index (χ2n) is 7.44. The van der Waals surface area contributed by atoms with Crippen molar-refractivity contribution < 1.29 is 14.0 Å². The predicted molar refractivity (Wildman–Crippen MR) is 132 cm³/mol. The van der Waals surface area contributed by atoms with Gasteiger partial charge in [-0.3, -0.25) is 9.59 Å². The summed E-state index contributed by atoms with van der Waals surface area (Å²) in [5, 5.41) is 4.12. The summed E-state index contributed by atoms with van der Waals surface area (Å²) >= 11 is 19.6. The smallest absolute Gasteiger partial charge is 0.242 e. The minimum Gasteiger partial charge on any atom is -0.352 e. The third kappa shape index (κ3) is 7.55. The van der Waals surface area contributed by atoms with Gasteiger partial charge in [0.25, 0.3) is 0 Å². The van der Waals surface area contributed by atoms with Gasteiger partial charge in [-0.15, -0.1) is 11.8 Å². The lowest BCUT2D eigenvalue weighted by Crippen LogP contribution is -2.50. The van der Waals surface area contributed by atoms with E-state index < -0.39 is 11.9 Å². The fourth-order valence-electron chi connectivity index (χ4n) is 2.88. The van der Waals surface area contributed by atoms with Crippen LogP contribution < -0.4 is 5.32 Å². The highest BCUT2D eigenvalue weighted by atomic mass is 35.5. The van der Waals surface area contributed by atoms with Crippen molar-refractivity contribution in [2.45, 2.75) is 51.6 Å². The summed E-state index contributed by atoms with van der Waals surface area (Å²) in [5.74, 6) is -0.638. The van der Waals surface area contributed by atoms with Gasteiger partial charge in [-0.1, -0.05) is 53.9 Å². The summed E-state index contributed by atoms with van der Waals surface area (Å²) in [5.41, 5.74) is 1.02. The van der Waals surface area contributed by atoms with Crippen LogP contribution in [-0.4, -0.2) is 34.6 Å². The van der Waals surface area contributed by atoms with Gasteiger partial charge in [-0.25, -0.2) is 4.39 Å². The average molecular weight is 520 g/mol. The van der Waals surface area contributed by atoms with Crippen molar-refractivity contribution >= 4 is 58.4 Å². The molecule has 0 bridgehead atoms. The zero-order valence-corrected chi connectivity index (χ0v) is 21.2. The molecule has 0 radical (unpaired) electrons. The zero-order valence-electron chi connectivity index (χ0n) is 18.1. The van der Waals surface area contributed by atoms with Crippen molar-refractivity contribution in [2.75, 3.05) is 5.75 Å². The third-order valence-electron chi connectivity index (χ3n) is 5.06. The molecule has 2 aromatic carbocycles. The molecule has 0 fully saturated rings. The van der Waals surface area contributed by atoms with Gasteiger partial charge in [0.1, 0.15) is 11.9 Å². The van der Waals surface area contributed by atoms with E-state index in [2.05, 4.69) is 5.32 Å². The first-order chi connectivity index (χ1) is 15.1. The van der Waals surface area contributed by atoms with Crippen molar-refractivity contribution in [3.63, 3.8) is 0 Å². The van der Waals surface area contributed by atoms with Gasteiger partial charge in [-0.05, 0) is 50.1 Å². The monoisotopic (exact) mass is 518 g/mol. The second-order valence-corrected chi connectivity index (χ2v) is 9.68. The van der Waals surface area contributed by atoms with Gasteiger partial charge < -0.3 is 10.2 Å². The van der Waals surface area contributed by atoms with Crippen molar-refractivity contribution in [1.82, 2.24) is 10.2 Å². The topological polar surface area (TPSA) is 49.4 Å². The van der Waals surface area contributed by atoms with Gasteiger partial charge in [0.05, 0.1) is 5.75 Å². The molecule has 0 saturated heterocycles. The Kier molecular flexibility index (Phi) is 10.6. The molecule has 4 nitrogen and oxygen atoms in total. The molecule has 1 N–H and O–H groups in total. The number of hydrogen-bond donors (Lipinski definition) is 1. The molecular formula is C23H26Cl3FN2O2S. The maximum Gasteiger partial charge on any atom is 0.242 e. The molecule has 32 heavy (non-hydrogen) atoms. The Hall–Kier alpha value is -1.47. The number of amides is 2. The van der Waals surface area contributed by atoms with Crippen LogP contribution in [0.2, 0.25) is 15.1 Å². The Bertz CT molecular complexity index is 941. The quantitative estimate of drug-likeness (QED) is 0.398. The van der Waals surface area contributed by atoms with E-state index in [9.17, 15) is 14.0 Å². The van der Waals surface area contributed by atoms with Crippen LogP contribution in [0.25, 0.3) is 0 Å². The predicted octanol–water partition coefficient (Wildman–Crippen LogP) is 6.35. The lowest BCUT2D eigenvalue weighted by atomic mass is 10.1. The molecule has 2 atom stereocenters. The van der Waals surface area contributed by atoms with E-state index in [4.69, 9.17) is 34.8 Å². The summed E-state index contributed by atoms with van der Waals surface area (Å²) in [6.45, 7) is 5.69. The summed E-state index contributed by atoms with van der Waals surface area (Å²) in [4.78, 5) is 27.3. The van der Waals surface area contributed by atoms with E-state index in [0.717, 1.165) is 6.42 Å². The highest BCUT2D eigenvalue weighted by Crippen LogP contribution is 2.26. The van der Waals surface area contributed by atoms with Crippen LogP contribution in [0.1, 0.15) is 38.3 Å². The Morgan fingerprint density at radius 1 is 1.12 bits per heavy atom. The molecule has 9 heteroatoms. The van der Waals surface area contributed by atoms with Gasteiger partial charge >= 0.3 is 0 Å². The van der Waals surface area contributed by atoms with Gasteiger partial charge in [0.2, 0.25) is 11.8 Å². The average Bonchev–Trinajstić information content (AvgIpc) is 2.74. The largest absolute Gasteiger partial charge is 0.352 e. The van der Waals surface area contributed by atoms with Crippen LogP contribution in [0.15, 0.2) is 36.4 Å². The van der Waals surface area contributed by atoms with Crippen LogP contribution in [-0.2, 0) is 21.9 Å². The maximum absolute atomic E-state index is 14.0. The number of rotatable bonds is 10. The molecule has 0 saturated carbocycles. The SMILES string of the molecule is CC[C@@H](C)NC(=O)[C@@H](C)N(Cc1ccc(Cl)cc1Cl)C(=O)CSCc1c(F)cccc1Cl. The highest BCUT2D eigenvalue weighted by Gasteiger charge is 2.27. The molecule has 2 aromatic rings. The minimum atomic E-state index is -0.721. The van der Waals surface area contributed by atoms with Crippen molar-refractivity contribution in [2.24, 2.45) is 0 Å². The number of halogens is 4. The van der Waals surface area contributed by atoms with Crippen molar-refractivity contribution in [3.8, 4) is 0 Å².